The molecular weight excluding hydrogens is 354 g/mol. The van der Waals surface area contributed by atoms with Gasteiger partial charge in [0, 0.05) is 63.3 Å². The van der Waals surface area contributed by atoms with E-state index in [-0.39, 0.29) is 11.8 Å². The number of piperazine rings is 1. The first-order valence-electron chi connectivity index (χ1n) is 9.40. The minimum atomic E-state index is -0.381. The van der Waals surface area contributed by atoms with Gasteiger partial charge in [0.15, 0.2) is 0 Å². The number of nitrogens with one attached hydrogen (secondary N) is 2. The van der Waals surface area contributed by atoms with E-state index in [0.29, 0.717) is 13.0 Å². The van der Waals surface area contributed by atoms with E-state index in [1.54, 1.807) is 24.5 Å². The average Bonchev–Trinajstić information content (AvgIpc) is 2.76. The van der Waals surface area contributed by atoms with Crippen molar-refractivity contribution in [1.82, 2.24) is 20.7 Å². The molecule has 0 unspecified atom stereocenters. The van der Waals surface area contributed by atoms with Crippen LogP contribution in [0.3, 0.4) is 0 Å². The third kappa shape index (κ3) is 6.21. The molecule has 0 saturated carbocycles. The number of carbonyl (C=O) groups is 2. The molecule has 2 heterocycles. The van der Waals surface area contributed by atoms with Gasteiger partial charge in [0.05, 0.1) is 0 Å². The van der Waals surface area contributed by atoms with E-state index in [2.05, 4.69) is 37.8 Å². The Morgan fingerprint density at radius 2 is 1.79 bits per heavy atom. The van der Waals surface area contributed by atoms with Gasteiger partial charge in [-0.15, -0.1) is 0 Å². The number of anilines is 1. The Morgan fingerprint density at radius 1 is 1.00 bits per heavy atom. The molecule has 2 aromatic rings. The van der Waals surface area contributed by atoms with E-state index in [1.807, 2.05) is 24.3 Å². The number of pyridine rings is 1. The van der Waals surface area contributed by atoms with Crippen molar-refractivity contribution in [1.29, 1.82) is 0 Å². The van der Waals surface area contributed by atoms with Crippen molar-refractivity contribution < 1.29 is 9.59 Å². The first kappa shape index (κ1) is 19.6. The number of para-hydroxylation sites is 1. The van der Waals surface area contributed by atoms with Crippen molar-refractivity contribution in [2.45, 2.75) is 6.42 Å². The van der Waals surface area contributed by atoms with Crippen LogP contribution in [0, 0.1) is 0 Å². The Bertz CT molecular complexity index is 787. The predicted molar refractivity (Wildman–Crippen MR) is 109 cm³/mol. The number of nitrogens with zero attached hydrogens (tertiary/aromatic N) is 3. The third-order valence-electron chi connectivity index (χ3n) is 4.59. The van der Waals surface area contributed by atoms with Crippen molar-refractivity contribution >= 4 is 23.6 Å². The van der Waals surface area contributed by atoms with Gasteiger partial charge in [-0.25, -0.2) is 0 Å². The van der Waals surface area contributed by atoms with E-state index < -0.39 is 0 Å². The number of hydrogen-bond acceptors (Lipinski definition) is 5. The SMILES string of the molecule is O=C(/C=C/c1cccnc1)NNC(=O)CCN1CCN(c2ccccc2)CC1. The summed E-state index contributed by atoms with van der Waals surface area (Å²) < 4.78 is 0. The maximum Gasteiger partial charge on any atom is 0.262 e. The largest absolute Gasteiger partial charge is 0.369 e. The molecule has 0 radical (unpaired) electrons. The minimum absolute atomic E-state index is 0.200. The molecule has 2 amide bonds. The number of rotatable bonds is 6. The van der Waals surface area contributed by atoms with Gasteiger partial charge >= 0.3 is 0 Å². The van der Waals surface area contributed by atoms with Crippen molar-refractivity contribution in [3.63, 3.8) is 0 Å². The molecule has 7 heteroatoms. The van der Waals surface area contributed by atoms with Crippen molar-refractivity contribution in [3.8, 4) is 0 Å². The summed E-state index contributed by atoms with van der Waals surface area (Å²) in [6, 6.07) is 14.0. The second-order valence-corrected chi connectivity index (χ2v) is 6.57. The number of hydrogen-bond donors (Lipinski definition) is 2. The molecule has 146 valence electrons. The molecule has 0 bridgehead atoms. The monoisotopic (exact) mass is 379 g/mol. The second-order valence-electron chi connectivity index (χ2n) is 6.57. The fourth-order valence-electron chi connectivity index (χ4n) is 3.01. The number of amides is 2. The molecule has 28 heavy (non-hydrogen) atoms. The van der Waals surface area contributed by atoms with E-state index in [9.17, 15) is 9.59 Å². The molecule has 1 saturated heterocycles. The molecule has 0 atom stereocenters. The number of aromatic nitrogens is 1. The Hall–Kier alpha value is -3.19. The maximum atomic E-state index is 12.0. The van der Waals surface area contributed by atoms with Crippen LogP contribution in [0.4, 0.5) is 5.69 Å². The Kier molecular flexibility index (Phi) is 7.14. The van der Waals surface area contributed by atoms with Crippen LogP contribution in [0.25, 0.3) is 6.08 Å². The van der Waals surface area contributed by atoms with E-state index in [1.165, 1.54) is 11.8 Å². The van der Waals surface area contributed by atoms with Crippen LogP contribution in [0.1, 0.15) is 12.0 Å². The molecule has 2 N–H and O–H groups in total. The molecule has 1 aromatic heterocycles. The van der Waals surface area contributed by atoms with Crippen molar-refractivity contribution in [2.75, 3.05) is 37.6 Å². The summed E-state index contributed by atoms with van der Waals surface area (Å²) in [7, 11) is 0. The fraction of sp³-hybridized carbons (Fsp3) is 0.286. The Balaban J connectivity index is 1.31. The molecule has 1 aliphatic rings. The highest BCUT2D eigenvalue weighted by Crippen LogP contribution is 2.15. The lowest BCUT2D eigenvalue weighted by molar-refractivity contribution is -0.127. The van der Waals surface area contributed by atoms with Gasteiger partial charge in [-0.3, -0.25) is 30.3 Å². The highest BCUT2D eigenvalue weighted by atomic mass is 16.2. The Labute approximate surface area is 165 Å². The summed E-state index contributed by atoms with van der Waals surface area (Å²) in [6.07, 6.45) is 6.66. The average molecular weight is 379 g/mol. The van der Waals surface area contributed by atoms with Crippen molar-refractivity contribution in [2.24, 2.45) is 0 Å². The summed E-state index contributed by atoms with van der Waals surface area (Å²) in [5, 5.41) is 0. The van der Waals surface area contributed by atoms with Crippen LogP contribution in [-0.4, -0.2) is 54.4 Å². The van der Waals surface area contributed by atoms with Crippen LogP contribution in [-0.2, 0) is 9.59 Å². The molecule has 0 aliphatic carbocycles. The van der Waals surface area contributed by atoms with E-state index >= 15 is 0 Å². The molecule has 1 aliphatic heterocycles. The standard InChI is InChI=1S/C21H25N5O2/c27-20(9-8-18-5-4-11-22-17-18)23-24-21(28)10-12-25-13-15-26(16-14-25)19-6-2-1-3-7-19/h1-9,11,17H,10,12-16H2,(H,23,27)(H,24,28)/b9-8+. The first-order valence-corrected chi connectivity index (χ1v) is 9.40. The lowest BCUT2D eigenvalue weighted by Gasteiger charge is -2.36. The summed E-state index contributed by atoms with van der Waals surface area (Å²) in [5.74, 6) is -0.581. The molecular formula is C21H25N5O2. The summed E-state index contributed by atoms with van der Waals surface area (Å²) in [6.45, 7) is 4.41. The predicted octanol–water partition coefficient (Wildman–Crippen LogP) is 1.45. The van der Waals surface area contributed by atoms with Gasteiger partial charge in [-0.2, -0.15) is 0 Å². The van der Waals surface area contributed by atoms with Crippen LogP contribution in [0.15, 0.2) is 60.9 Å². The Morgan fingerprint density at radius 3 is 2.50 bits per heavy atom. The highest BCUT2D eigenvalue weighted by molar-refractivity contribution is 5.93. The van der Waals surface area contributed by atoms with Crippen LogP contribution in [0.2, 0.25) is 0 Å². The van der Waals surface area contributed by atoms with Gasteiger partial charge in [0.1, 0.15) is 0 Å². The van der Waals surface area contributed by atoms with E-state index in [4.69, 9.17) is 0 Å². The zero-order valence-corrected chi connectivity index (χ0v) is 15.8. The lowest BCUT2D eigenvalue weighted by atomic mass is 10.2. The van der Waals surface area contributed by atoms with Gasteiger partial charge in [-0.1, -0.05) is 24.3 Å². The summed E-state index contributed by atoms with van der Waals surface area (Å²) >= 11 is 0. The fourth-order valence-corrected chi connectivity index (χ4v) is 3.01. The van der Waals surface area contributed by atoms with Crippen LogP contribution >= 0.6 is 0 Å². The number of hydrazine groups is 1. The van der Waals surface area contributed by atoms with Crippen LogP contribution < -0.4 is 15.8 Å². The number of carbonyl (C=O) groups excluding carboxylic acids is 2. The topological polar surface area (TPSA) is 77.6 Å². The highest BCUT2D eigenvalue weighted by Gasteiger charge is 2.17. The van der Waals surface area contributed by atoms with Gasteiger partial charge in [-0.05, 0) is 29.8 Å². The zero-order chi connectivity index (χ0) is 19.6. The van der Waals surface area contributed by atoms with Crippen molar-refractivity contribution in [3.05, 3.63) is 66.5 Å². The van der Waals surface area contributed by atoms with Crippen LogP contribution in [0.5, 0.6) is 0 Å². The van der Waals surface area contributed by atoms with E-state index in [0.717, 1.165) is 31.7 Å². The molecule has 7 nitrogen and oxygen atoms in total. The molecule has 3 rings (SSSR count). The molecule has 1 fully saturated rings. The first-order chi connectivity index (χ1) is 13.7. The summed E-state index contributed by atoms with van der Waals surface area (Å²) in [4.78, 5) is 32.3. The quantitative estimate of drug-likeness (QED) is 0.587. The second kappa shape index (κ2) is 10.2. The lowest BCUT2D eigenvalue weighted by Crippen LogP contribution is -2.48. The summed E-state index contributed by atoms with van der Waals surface area (Å²) in [5.41, 5.74) is 6.90. The minimum Gasteiger partial charge on any atom is -0.369 e. The third-order valence-corrected chi connectivity index (χ3v) is 4.59. The van der Waals surface area contributed by atoms with Gasteiger partial charge in [0.25, 0.3) is 5.91 Å². The molecule has 0 spiro atoms. The van der Waals surface area contributed by atoms with Gasteiger partial charge in [0.2, 0.25) is 5.91 Å². The smallest absolute Gasteiger partial charge is 0.262 e. The number of benzene rings is 1. The molecule has 1 aromatic carbocycles. The normalized spacial score (nSPS) is 14.8. The maximum absolute atomic E-state index is 12.0. The zero-order valence-electron chi connectivity index (χ0n) is 15.8. The van der Waals surface area contributed by atoms with Gasteiger partial charge < -0.3 is 4.90 Å².